The van der Waals surface area contributed by atoms with Gasteiger partial charge in [0.2, 0.25) is 0 Å². The number of phenolic OH excluding ortho intramolecular Hbond substituents is 1. The van der Waals surface area contributed by atoms with E-state index in [4.69, 9.17) is 0 Å². The quantitative estimate of drug-likeness (QED) is 0.751. The number of pyridine rings is 1. The van der Waals surface area contributed by atoms with Crippen LogP contribution in [0.4, 0.5) is 0 Å². The summed E-state index contributed by atoms with van der Waals surface area (Å²) in [5.74, 6) is 0.315. The molecular weight excluding hydrogens is 280 g/mol. The lowest BCUT2D eigenvalue weighted by Gasteiger charge is -2.14. The van der Waals surface area contributed by atoms with Crippen molar-refractivity contribution in [3.8, 4) is 5.75 Å². The first kappa shape index (κ1) is 14.0. The predicted molar refractivity (Wildman–Crippen MR) is 87.8 cm³/mol. The van der Waals surface area contributed by atoms with Gasteiger partial charge in [0, 0.05) is 12.2 Å². The van der Waals surface area contributed by atoms with E-state index < -0.39 is 0 Å². The Hall–Kier alpha value is -1.91. The molecule has 21 heavy (non-hydrogen) atoms. The highest BCUT2D eigenvalue weighted by atomic mass is 32.1. The van der Waals surface area contributed by atoms with Gasteiger partial charge in [-0.15, -0.1) is 11.3 Å². The van der Waals surface area contributed by atoms with Gasteiger partial charge in [-0.1, -0.05) is 12.1 Å². The molecule has 2 heterocycles. The normalized spacial score (nSPS) is 12.6. The fourth-order valence-corrected chi connectivity index (χ4v) is 3.10. The van der Waals surface area contributed by atoms with Crippen LogP contribution < -0.4 is 5.32 Å². The zero-order valence-electron chi connectivity index (χ0n) is 11.9. The number of hydrogen-bond acceptors (Lipinski definition) is 4. The summed E-state index contributed by atoms with van der Waals surface area (Å²) >= 11 is 1.73. The molecule has 2 aromatic heterocycles. The second-order valence-corrected chi connectivity index (χ2v) is 6.11. The van der Waals surface area contributed by atoms with Gasteiger partial charge in [0.25, 0.3) is 0 Å². The van der Waals surface area contributed by atoms with Gasteiger partial charge in [0.15, 0.2) is 0 Å². The molecule has 1 atom stereocenters. The smallest absolute Gasteiger partial charge is 0.115 e. The lowest BCUT2D eigenvalue weighted by Crippen LogP contribution is -2.21. The zero-order chi connectivity index (χ0) is 14.7. The maximum atomic E-state index is 9.27. The van der Waals surface area contributed by atoms with E-state index >= 15 is 0 Å². The molecule has 0 aliphatic heterocycles. The summed E-state index contributed by atoms with van der Waals surface area (Å²) in [6, 6.07) is 11.9. The van der Waals surface area contributed by atoms with Gasteiger partial charge in [-0.25, -0.2) is 0 Å². The molecule has 0 aliphatic carbocycles. The van der Waals surface area contributed by atoms with Crippen LogP contribution in [0.3, 0.4) is 0 Å². The maximum absolute atomic E-state index is 9.27. The molecule has 4 heteroatoms. The summed E-state index contributed by atoms with van der Waals surface area (Å²) in [7, 11) is 0. The fourth-order valence-electron chi connectivity index (χ4n) is 2.31. The number of fused-ring (bicyclic) bond motifs is 1. The molecule has 3 rings (SSSR count). The van der Waals surface area contributed by atoms with Crippen molar-refractivity contribution in [3.05, 3.63) is 59.1 Å². The Balaban J connectivity index is 1.58. The van der Waals surface area contributed by atoms with Crippen LogP contribution in [-0.2, 0) is 6.42 Å². The van der Waals surface area contributed by atoms with Gasteiger partial charge < -0.3 is 10.4 Å². The van der Waals surface area contributed by atoms with Crippen molar-refractivity contribution < 1.29 is 5.11 Å². The maximum Gasteiger partial charge on any atom is 0.115 e. The minimum absolute atomic E-state index is 0.279. The monoisotopic (exact) mass is 298 g/mol. The van der Waals surface area contributed by atoms with Crippen molar-refractivity contribution >= 4 is 21.6 Å². The van der Waals surface area contributed by atoms with Crippen LogP contribution in [0.1, 0.15) is 24.1 Å². The van der Waals surface area contributed by atoms with Crippen molar-refractivity contribution in [2.75, 3.05) is 6.54 Å². The minimum Gasteiger partial charge on any atom is -0.508 e. The third-order valence-corrected chi connectivity index (χ3v) is 4.48. The van der Waals surface area contributed by atoms with Gasteiger partial charge in [0.05, 0.1) is 10.2 Å². The van der Waals surface area contributed by atoms with Crippen LogP contribution in [-0.4, -0.2) is 16.6 Å². The van der Waals surface area contributed by atoms with Gasteiger partial charge in [-0.2, -0.15) is 0 Å². The Morgan fingerprint density at radius 2 is 2.05 bits per heavy atom. The van der Waals surface area contributed by atoms with Crippen molar-refractivity contribution in [1.29, 1.82) is 0 Å². The second kappa shape index (κ2) is 6.24. The first-order valence-electron chi connectivity index (χ1n) is 7.07. The van der Waals surface area contributed by atoms with E-state index in [0.717, 1.165) is 18.5 Å². The average molecular weight is 298 g/mol. The molecule has 0 spiro atoms. The lowest BCUT2D eigenvalue weighted by molar-refractivity contribution is 0.475. The highest BCUT2D eigenvalue weighted by Crippen LogP contribution is 2.22. The van der Waals surface area contributed by atoms with E-state index in [9.17, 15) is 5.11 Å². The molecule has 0 aliphatic rings. The Morgan fingerprint density at radius 3 is 2.86 bits per heavy atom. The summed E-state index contributed by atoms with van der Waals surface area (Å²) in [6.07, 6.45) is 2.90. The molecule has 3 nitrogen and oxygen atoms in total. The fraction of sp³-hybridized carbons (Fsp3) is 0.235. The molecular formula is C17H18N2OS. The molecule has 0 saturated heterocycles. The van der Waals surface area contributed by atoms with Crippen LogP contribution >= 0.6 is 11.3 Å². The van der Waals surface area contributed by atoms with Crippen LogP contribution in [0.15, 0.2) is 48.0 Å². The van der Waals surface area contributed by atoms with Gasteiger partial charge in [-0.3, -0.25) is 4.98 Å². The predicted octanol–water partition coefficient (Wildman–Crippen LogP) is 3.90. The van der Waals surface area contributed by atoms with Crippen molar-refractivity contribution in [3.63, 3.8) is 0 Å². The largest absolute Gasteiger partial charge is 0.508 e. The first-order chi connectivity index (χ1) is 10.2. The first-order valence-corrected chi connectivity index (χ1v) is 7.95. The number of rotatable bonds is 5. The SMILES string of the molecule is CC(NCCc1ccc(O)cc1)c1cnc2ccsc2c1. The third kappa shape index (κ3) is 3.40. The average Bonchev–Trinajstić information content (AvgIpc) is 2.96. The van der Waals surface area contributed by atoms with Crippen molar-refractivity contribution in [2.45, 2.75) is 19.4 Å². The Labute approximate surface area is 128 Å². The van der Waals surface area contributed by atoms with Crippen LogP contribution in [0.2, 0.25) is 0 Å². The van der Waals surface area contributed by atoms with E-state index in [-0.39, 0.29) is 6.04 Å². The van der Waals surface area contributed by atoms with E-state index in [2.05, 4.69) is 28.7 Å². The molecule has 1 unspecified atom stereocenters. The lowest BCUT2D eigenvalue weighted by atomic mass is 10.1. The van der Waals surface area contributed by atoms with Gasteiger partial charge >= 0.3 is 0 Å². The van der Waals surface area contributed by atoms with Gasteiger partial charge in [0.1, 0.15) is 5.75 Å². The van der Waals surface area contributed by atoms with Crippen molar-refractivity contribution in [1.82, 2.24) is 10.3 Å². The summed E-state index contributed by atoms with van der Waals surface area (Å²) in [5, 5.41) is 14.9. The molecule has 1 aromatic carbocycles. The second-order valence-electron chi connectivity index (χ2n) is 5.16. The van der Waals surface area contributed by atoms with E-state index in [1.54, 1.807) is 23.5 Å². The van der Waals surface area contributed by atoms with E-state index in [0.29, 0.717) is 5.75 Å². The number of thiophene rings is 1. The number of benzene rings is 1. The summed E-state index contributed by atoms with van der Waals surface area (Å²) in [5.41, 5.74) is 3.51. The number of nitrogens with zero attached hydrogens (tertiary/aromatic N) is 1. The summed E-state index contributed by atoms with van der Waals surface area (Å²) in [6.45, 7) is 3.06. The Morgan fingerprint density at radius 1 is 1.24 bits per heavy atom. The molecule has 0 bridgehead atoms. The number of aromatic hydroxyl groups is 1. The highest BCUT2D eigenvalue weighted by Gasteiger charge is 2.07. The number of aromatic nitrogens is 1. The Bertz CT molecular complexity index is 721. The molecule has 3 aromatic rings. The van der Waals surface area contributed by atoms with Crippen LogP contribution in [0.5, 0.6) is 5.75 Å². The van der Waals surface area contributed by atoms with E-state index in [1.807, 2.05) is 24.4 Å². The third-order valence-electron chi connectivity index (χ3n) is 3.62. The molecule has 0 radical (unpaired) electrons. The standard InChI is InChI=1S/C17H18N2OS/c1-12(14-10-17-16(19-11-14)7-9-21-17)18-8-6-13-2-4-15(20)5-3-13/h2-5,7,9-12,18,20H,6,8H2,1H3. The minimum atomic E-state index is 0.279. The summed E-state index contributed by atoms with van der Waals surface area (Å²) in [4.78, 5) is 4.48. The zero-order valence-corrected chi connectivity index (χ0v) is 12.7. The summed E-state index contributed by atoms with van der Waals surface area (Å²) < 4.78 is 1.24. The molecule has 0 saturated carbocycles. The number of nitrogens with one attached hydrogen (secondary N) is 1. The topological polar surface area (TPSA) is 45.1 Å². The van der Waals surface area contributed by atoms with Gasteiger partial charge in [-0.05, 0) is 60.7 Å². The molecule has 0 fully saturated rings. The Kier molecular flexibility index (Phi) is 4.18. The van der Waals surface area contributed by atoms with E-state index in [1.165, 1.54) is 15.8 Å². The van der Waals surface area contributed by atoms with Crippen LogP contribution in [0.25, 0.3) is 10.2 Å². The van der Waals surface area contributed by atoms with Crippen LogP contribution in [0, 0.1) is 0 Å². The highest BCUT2D eigenvalue weighted by molar-refractivity contribution is 7.17. The van der Waals surface area contributed by atoms with Crippen molar-refractivity contribution in [2.24, 2.45) is 0 Å². The molecule has 2 N–H and O–H groups in total. The molecule has 0 amide bonds. The molecule has 108 valence electrons. The number of phenols is 1. The number of hydrogen-bond donors (Lipinski definition) is 2.